The average Bonchev–Trinajstić information content (AvgIpc) is 3.18. The summed E-state index contributed by atoms with van der Waals surface area (Å²) in [6.45, 7) is 6.15. The van der Waals surface area contributed by atoms with E-state index in [1.165, 1.54) is 11.5 Å². The van der Waals surface area contributed by atoms with Crippen LogP contribution in [0.4, 0.5) is 5.13 Å². The molecule has 0 bridgehead atoms. The summed E-state index contributed by atoms with van der Waals surface area (Å²) >= 11 is 1.47. The summed E-state index contributed by atoms with van der Waals surface area (Å²) in [6.07, 6.45) is 5.13. The van der Waals surface area contributed by atoms with E-state index < -0.39 is 0 Å². The fourth-order valence-corrected chi connectivity index (χ4v) is 4.53. The van der Waals surface area contributed by atoms with Crippen molar-refractivity contribution in [1.82, 2.24) is 14.3 Å². The summed E-state index contributed by atoms with van der Waals surface area (Å²) in [5.74, 6) is 1.78. The Morgan fingerprint density at radius 3 is 2.68 bits per heavy atom. The topological polar surface area (TPSA) is 75.4 Å². The van der Waals surface area contributed by atoms with Crippen LogP contribution in [0, 0.1) is 11.8 Å². The maximum Gasteiger partial charge on any atom is 0.226 e. The van der Waals surface area contributed by atoms with Crippen molar-refractivity contribution in [1.29, 1.82) is 0 Å². The average molecular weight is 410 g/mol. The van der Waals surface area contributed by atoms with Crippen LogP contribution in [0.5, 0.6) is 0 Å². The fraction of sp³-hybridized carbons (Fsp3) is 0.812. The fourth-order valence-electron chi connectivity index (χ4n) is 3.72. The molecule has 0 spiro atoms. The van der Waals surface area contributed by atoms with E-state index in [0.29, 0.717) is 18.4 Å². The van der Waals surface area contributed by atoms with E-state index in [4.69, 9.17) is 5.73 Å². The SMILES string of the molecule is CCc1nsc(N2CCCN(C(=O)[C@@H]3CCC[C@@H]3CN)CC2)n1.Cl.Cl. The third kappa shape index (κ3) is 5.18. The van der Waals surface area contributed by atoms with Crippen molar-refractivity contribution in [2.75, 3.05) is 37.6 Å². The van der Waals surface area contributed by atoms with Gasteiger partial charge in [0.05, 0.1) is 0 Å². The Balaban J connectivity index is 0.00000156. The number of aromatic nitrogens is 2. The smallest absolute Gasteiger partial charge is 0.226 e. The van der Waals surface area contributed by atoms with E-state index in [-0.39, 0.29) is 30.7 Å². The summed E-state index contributed by atoms with van der Waals surface area (Å²) < 4.78 is 4.37. The van der Waals surface area contributed by atoms with Crippen LogP contribution in [0.2, 0.25) is 0 Å². The first-order valence-corrected chi connectivity index (χ1v) is 9.56. The number of hydrogen-bond donors (Lipinski definition) is 1. The van der Waals surface area contributed by atoms with Crippen molar-refractivity contribution in [3.8, 4) is 0 Å². The summed E-state index contributed by atoms with van der Waals surface area (Å²) in [4.78, 5) is 21.8. The van der Waals surface area contributed by atoms with Gasteiger partial charge in [-0.1, -0.05) is 13.3 Å². The number of aryl methyl sites for hydroxylation is 1. The molecule has 1 saturated carbocycles. The van der Waals surface area contributed by atoms with Gasteiger partial charge >= 0.3 is 0 Å². The van der Waals surface area contributed by atoms with Gasteiger partial charge in [0.15, 0.2) is 0 Å². The van der Waals surface area contributed by atoms with Crippen molar-refractivity contribution >= 4 is 47.4 Å². The second-order valence-corrected chi connectivity index (χ2v) is 7.28. The summed E-state index contributed by atoms with van der Waals surface area (Å²) in [5.41, 5.74) is 5.84. The molecule has 2 aliphatic rings. The van der Waals surface area contributed by atoms with Gasteiger partial charge in [0.25, 0.3) is 0 Å². The lowest BCUT2D eigenvalue weighted by Gasteiger charge is -2.27. The predicted molar refractivity (Wildman–Crippen MR) is 107 cm³/mol. The highest BCUT2D eigenvalue weighted by Crippen LogP contribution is 2.32. The Hall–Kier alpha value is -0.630. The van der Waals surface area contributed by atoms with E-state index in [2.05, 4.69) is 26.1 Å². The van der Waals surface area contributed by atoms with Gasteiger partial charge in [0.1, 0.15) is 5.82 Å². The van der Waals surface area contributed by atoms with Crippen LogP contribution in [-0.2, 0) is 11.2 Å². The van der Waals surface area contributed by atoms with E-state index in [0.717, 1.165) is 69.2 Å². The van der Waals surface area contributed by atoms with Crippen LogP contribution >= 0.6 is 36.3 Å². The van der Waals surface area contributed by atoms with Gasteiger partial charge in [0.2, 0.25) is 11.0 Å². The Kier molecular flexibility index (Phi) is 9.41. The highest BCUT2D eigenvalue weighted by molar-refractivity contribution is 7.09. The number of carbonyl (C=O) groups is 1. The zero-order valence-corrected chi connectivity index (χ0v) is 17.2. The van der Waals surface area contributed by atoms with Gasteiger partial charge in [-0.25, -0.2) is 4.98 Å². The maximum atomic E-state index is 12.8. The summed E-state index contributed by atoms with van der Waals surface area (Å²) in [6, 6.07) is 0. The lowest BCUT2D eigenvalue weighted by molar-refractivity contribution is -0.136. The number of rotatable bonds is 4. The zero-order chi connectivity index (χ0) is 16.2. The van der Waals surface area contributed by atoms with Gasteiger partial charge in [-0.2, -0.15) is 4.37 Å². The minimum absolute atomic E-state index is 0. The molecule has 1 aliphatic heterocycles. The molecule has 144 valence electrons. The van der Waals surface area contributed by atoms with E-state index >= 15 is 0 Å². The summed E-state index contributed by atoms with van der Waals surface area (Å²) in [7, 11) is 0. The molecule has 2 atom stereocenters. The van der Waals surface area contributed by atoms with Crippen molar-refractivity contribution < 1.29 is 4.79 Å². The van der Waals surface area contributed by atoms with E-state index in [1.54, 1.807) is 0 Å². The maximum absolute atomic E-state index is 12.8. The molecule has 6 nitrogen and oxygen atoms in total. The van der Waals surface area contributed by atoms with Crippen LogP contribution in [0.1, 0.15) is 38.4 Å². The Morgan fingerprint density at radius 1 is 1.20 bits per heavy atom. The second kappa shape index (κ2) is 10.5. The number of anilines is 1. The zero-order valence-electron chi connectivity index (χ0n) is 14.7. The minimum atomic E-state index is 0. The number of nitrogens with zero attached hydrogens (tertiary/aromatic N) is 4. The first kappa shape index (κ1) is 22.4. The molecule has 25 heavy (non-hydrogen) atoms. The quantitative estimate of drug-likeness (QED) is 0.825. The van der Waals surface area contributed by atoms with Crippen molar-refractivity contribution in [3.63, 3.8) is 0 Å². The molecule has 2 heterocycles. The Morgan fingerprint density at radius 2 is 2.00 bits per heavy atom. The molecular formula is C16H29Cl2N5OS. The molecule has 9 heteroatoms. The van der Waals surface area contributed by atoms with Gasteiger partial charge in [-0.15, -0.1) is 24.8 Å². The molecule has 3 rings (SSSR count). The van der Waals surface area contributed by atoms with Gasteiger partial charge < -0.3 is 15.5 Å². The van der Waals surface area contributed by atoms with Gasteiger partial charge in [0, 0.05) is 50.1 Å². The lowest BCUT2D eigenvalue weighted by atomic mass is 9.94. The first-order chi connectivity index (χ1) is 11.2. The van der Waals surface area contributed by atoms with Crippen LogP contribution < -0.4 is 10.6 Å². The molecule has 1 saturated heterocycles. The van der Waals surface area contributed by atoms with E-state index in [1.807, 2.05) is 0 Å². The molecule has 2 fully saturated rings. The molecule has 0 unspecified atom stereocenters. The highest BCUT2D eigenvalue weighted by Gasteiger charge is 2.35. The molecule has 1 aliphatic carbocycles. The standard InChI is InChI=1S/C16H27N5OS.2ClH/c1-2-14-18-16(23-19-14)21-8-4-7-20(9-10-21)15(22)13-6-3-5-12(13)11-17;;/h12-13H,2-11,17H2,1H3;2*1H/t12-,13-;;/m1../s1. The number of amides is 1. The van der Waals surface area contributed by atoms with E-state index in [9.17, 15) is 4.79 Å². The third-order valence-corrected chi connectivity index (χ3v) is 5.95. The van der Waals surface area contributed by atoms with Crippen LogP contribution in [0.25, 0.3) is 0 Å². The second-order valence-electron chi connectivity index (χ2n) is 6.55. The number of carbonyl (C=O) groups excluding carboxylic acids is 1. The normalized spacial score (nSPS) is 23.6. The van der Waals surface area contributed by atoms with Crippen molar-refractivity contribution in [2.24, 2.45) is 17.6 Å². The molecular weight excluding hydrogens is 381 g/mol. The molecule has 2 N–H and O–H groups in total. The van der Waals surface area contributed by atoms with Gasteiger partial charge in [-0.05, 0) is 31.7 Å². The highest BCUT2D eigenvalue weighted by atomic mass is 35.5. The molecule has 1 amide bonds. The van der Waals surface area contributed by atoms with Crippen molar-refractivity contribution in [3.05, 3.63) is 5.82 Å². The van der Waals surface area contributed by atoms with Crippen LogP contribution in [0.15, 0.2) is 0 Å². The van der Waals surface area contributed by atoms with Crippen LogP contribution in [0.3, 0.4) is 0 Å². The molecule has 0 radical (unpaired) electrons. The molecule has 1 aromatic rings. The first-order valence-electron chi connectivity index (χ1n) is 8.79. The van der Waals surface area contributed by atoms with Crippen molar-refractivity contribution in [2.45, 2.75) is 39.0 Å². The number of nitrogens with two attached hydrogens (primary N) is 1. The van der Waals surface area contributed by atoms with Crippen LogP contribution in [-0.4, -0.2) is 52.9 Å². The predicted octanol–water partition coefficient (Wildman–Crippen LogP) is 2.36. The third-order valence-electron chi connectivity index (χ3n) is 5.13. The monoisotopic (exact) mass is 409 g/mol. The lowest BCUT2D eigenvalue weighted by Crippen LogP contribution is -2.41. The largest absolute Gasteiger partial charge is 0.345 e. The van der Waals surface area contributed by atoms with Gasteiger partial charge in [-0.3, -0.25) is 4.79 Å². The molecule has 0 aromatic carbocycles. The summed E-state index contributed by atoms with van der Waals surface area (Å²) in [5, 5.41) is 0.997. The number of halogens is 2. The number of hydrogen-bond acceptors (Lipinski definition) is 6. The minimum Gasteiger partial charge on any atom is -0.345 e. The Bertz CT molecular complexity index is 544. The molecule has 1 aromatic heterocycles. The Labute approximate surface area is 166 Å².